The number of rotatable bonds is 4. The van der Waals surface area contributed by atoms with Crippen LogP contribution in [0.25, 0.3) is 0 Å². The highest BCUT2D eigenvalue weighted by Gasteiger charge is 2.18. The molecule has 0 aliphatic rings. The van der Waals surface area contributed by atoms with Crippen LogP contribution in [0.2, 0.25) is 0 Å². The molecule has 0 saturated carbocycles. The van der Waals surface area contributed by atoms with E-state index in [0.29, 0.717) is 17.9 Å². The van der Waals surface area contributed by atoms with Gasteiger partial charge in [-0.15, -0.1) is 0 Å². The average molecular weight is 266 g/mol. The topological polar surface area (TPSA) is 101 Å². The fraction of sp³-hybridized carbons (Fsp3) is 0.182. The van der Waals surface area contributed by atoms with Gasteiger partial charge in [0.15, 0.2) is 0 Å². The molecule has 6 nitrogen and oxygen atoms in total. The van der Waals surface area contributed by atoms with E-state index in [1.165, 1.54) is 6.20 Å². The number of benzene rings is 1. The van der Waals surface area contributed by atoms with Crippen molar-refractivity contribution in [3.05, 3.63) is 41.7 Å². The lowest BCUT2D eigenvalue weighted by Crippen LogP contribution is -2.13. The maximum atomic E-state index is 12.0. The monoisotopic (exact) mass is 266 g/mol. The van der Waals surface area contributed by atoms with Crippen LogP contribution >= 0.6 is 0 Å². The summed E-state index contributed by atoms with van der Waals surface area (Å²) in [7, 11) is -3.60. The summed E-state index contributed by atoms with van der Waals surface area (Å²) >= 11 is 0. The van der Waals surface area contributed by atoms with E-state index >= 15 is 0 Å². The number of hydrogen-bond donors (Lipinski definition) is 3. The number of anilines is 1. The van der Waals surface area contributed by atoms with E-state index < -0.39 is 10.0 Å². The molecule has 4 N–H and O–H groups in total. The summed E-state index contributed by atoms with van der Waals surface area (Å²) in [6.45, 7) is 2.08. The Balaban J connectivity index is 2.25. The van der Waals surface area contributed by atoms with Crippen LogP contribution in [-0.4, -0.2) is 18.6 Å². The van der Waals surface area contributed by atoms with Crippen molar-refractivity contribution < 1.29 is 8.42 Å². The lowest BCUT2D eigenvalue weighted by molar-refractivity contribution is 0.600. The molecule has 0 fully saturated rings. The summed E-state index contributed by atoms with van der Waals surface area (Å²) in [5.41, 5.74) is 7.41. The van der Waals surface area contributed by atoms with Crippen molar-refractivity contribution in [1.82, 2.24) is 10.2 Å². The van der Waals surface area contributed by atoms with Crippen molar-refractivity contribution in [2.24, 2.45) is 5.73 Å². The molecule has 0 atom stereocenters. The third-order valence-corrected chi connectivity index (χ3v) is 4.01. The zero-order valence-corrected chi connectivity index (χ0v) is 10.7. The largest absolute Gasteiger partial charge is 0.326 e. The fourth-order valence-electron chi connectivity index (χ4n) is 1.53. The summed E-state index contributed by atoms with van der Waals surface area (Å²) in [5.74, 6) is 0. The van der Waals surface area contributed by atoms with E-state index in [9.17, 15) is 8.42 Å². The van der Waals surface area contributed by atoms with E-state index in [4.69, 9.17) is 5.73 Å². The maximum absolute atomic E-state index is 12.0. The van der Waals surface area contributed by atoms with Crippen LogP contribution < -0.4 is 10.5 Å². The van der Waals surface area contributed by atoms with Gasteiger partial charge in [-0.05, 0) is 24.6 Å². The van der Waals surface area contributed by atoms with Crippen LogP contribution in [-0.2, 0) is 16.6 Å². The highest BCUT2D eigenvalue weighted by Crippen LogP contribution is 2.17. The molecule has 0 aliphatic heterocycles. The predicted octanol–water partition coefficient (Wildman–Crippen LogP) is 0.978. The molecular formula is C11H14N4O2S. The van der Waals surface area contributed by atoms with Gasteiger partial charge in [0.05, 0.1) is 11.9 Å². The van der Waals surface area contributed by atoms with Crippen molar-refractivity contribution in [2.45, 2.75) is 18.4 Å². The second kappa shape index (κ2) is 4.79. The molecule has 18 heavy (non-hydrogen) atoms. The van der Waals surface area contributed by atoms with E-state index in [0.717, 1.165) is 5.56 Å². The van der Waals surface area contributed by atoms with Crippen molar-refractivity contribution in [3.63, 3.8) is 0 Å². The molecule has 7 heteroatoms. The van der Waals surface area contributed by atoms with Crippen molar-refractivity contribution in [3.8, 4) is 0 Å². The SMILES string of the molecule is Cc1[nH]ncc1S(=O)(=O)Nc1ccc(CN)cc1. The Labute approximate surface area is 105 Å². The summed E-state index contributed by atoms with van der Waals surface area (Å²) in [5, 5.41) is 6.29. The molecule has 0 saturated heterocycles. The number of aromatic amines is 1. The van der Waals surface area contributed by atoms with E-state index in [1.807, 2.05) is 0 Å². The Morgan fingerprint density at radius 1 is 1.33 bits per heavy atom. The van der Waals surface area contributed by atoms with Gasteiger partial charge in [0.25, 0.3) is 10.0 Å². The summed E-state index contributed by atoms with van der Waals surface area (Å²) in [4.78, 5) is 0.144. The lowest BCUT2D eigenvalue weighted by atomic mass is 10.2. The number of nitrogens with two attached hydrogens (primary N) is 1. The van der Waals surface area contributed by atoms with Crippen LogP contribution in [0.1, 0.15) is 11.3 Å². The zero-order valence-electron chi connectivity index (χ0n) is 9.84. The summed E-state index contributed by atoms with van der Waals surface area (Å²) in [6.07, 6.45) is 1.28. The van der Waals surface area contributed by atoms with Crippen LogP contribution in [0.3, 0.4) is 0 Å². The van der Waals surface area contributed by atoms with Gasteiger partial charge in [0.1, 0.15) is 4.90 Å². The fourth-order valence-corrected chi connectivity index (χ4v) is 2.73. The summed E-state index contributed by atoms with van der Waals surface area (Å²) < 4.78 is 26.6. The van der Waals surface area contributed by atoms with Gasteiger partial charge in [0.2, 0.25) is 0 Å². The zero-order chi connectivity index (χ0) is 13.2. The molecule has 0 amide bonds. The van der Waals surface area contributed by atoms with Crippen LogP contribution in [0.15, 0.2) is 35.4 Å². The molecule has 0 unspecified atom stereocenters. The van der Waals surface area contributed by atoms with Gasteiger partial charge in [-0.2, -0.15) is 5.10 Å². The van der Waals surface area contributed by atoms with Crippen LogP contribution in [0, 0.1) is 6.92 Å². The predicted molar refractivity (Wildman–Crippen MR) is 68.5 cm³/mol. The van der Waals surface area contributed by atoms with E-state index in [1.54, 1.807) is 31.2 Å². The molecule has 0 radical (unpaired) electrons. The first-order valence-electron chi connectivity index (χ1n) is 5.35. The Morgan fingerprint density at radius 2 is 2.00 bits per heavy atom. The Morgan fingerprint density at radius 3 is 2.50 bits per heavy atom. The highest BCUT2D eigenvalue weighted by atomic mass is 32.2. The number of H-pyrrole nitrogens is 1. The molecular weight excluding hydrogens is 252 g/mol. The third-order valence-electron chi connectivity index (χ3n) is 2.52. The Hall–Kier alpha value is -1.86. The minimum atomic E-state index is -3.60. The molecule has 2 rings (SSSR count). The van der Waals surface area contributed by atoms with Gasteiger partial charge in [-0.3, -0.25) is 9.82 Å². The molecule has 2 aromatic rings. The van der Waals surface area contributed by atoms with Crippen LogP contribution in [0.5, 0.6) is 0 Å². The third kappa shape index (κ3) is 2.52. The number of nitrogens with one attached hydrogen (secondary N) is 2. The number of hydrogen-bond acceptors (Lipinski definition) is 4. The van der Waals surface area contributed by atoms with Gasteiger partial charge < -0.3 is 5.73 Å². The quantitative estimate of drug-likeness (QED) is 0.767. The highest BCUT2D eigenvalue weighted by molar-refractivity contribution is 7.92. The van der Waals surface area contributed by atoms with Crippen molar-refractivity contribution >= 4 is 15.7 Å². The van der Waals surface area contributed by atoms with Gasteiger partial charge >= 0.3 is 0 Å². The second-order valence-electron chi connectivity index (χ2n) is 3.87. The number of aryl methyl sites for hydroxylation is 1. The first-order chi connectivity index (χ1) is 8.53. The van der Waals surface area contributed by atoms with Gasteiger partial charge in [-0.25, -0.2) is 8.42 Å². The molecule has 1 aromatic heterocycles. The molecule has 96 valence electrons. The number of nitrogens with zero attached hydrogens (tertiary/aromatic N) is 1. The lowest BCUT2D eigenvalue weighted by Gasteiger charge is -2.07. The smallest absolute Gasteiger partial charge is 0.265 e. The normalized spacial score (nSPS) is 11.4. The van der Waals surface area contributed by atoms with Crippen molar-refractivity contribution in [1.29, 1.82) is 0 Å². The molecule has 1 heterocycles. The van der Waals surface area contributed by atoms with E-state index in [2.05, 4.69) is 14.9 Å². The van der Waals surface area contributed by atoms with Gasteiger partial charge in [0, 0.05) is 12.2 Å². The molecule has 1 aromatic carbocycles. The minimum Gasteiger partial charge on any atom is -0.326 e. The maximum Gasteiger partial charge on any atom is 0.265 e. The standard InChI is InChI=1S/C11H14N4O2S/c1-8-11(7-13-14-8)18(16,17)15-10-4-2-9(6-12)3-5-10/h2-5,7,15H,6,12H2,1H3,(H,13,14). The molecule has 0 bridgehead atoms. The van der Waals surface area contributed by atoms with E-state index in [-0.39, 0.29) is 4.90 Å². The van der Waals surface area contributed by atoms with Gasteiger partial charge in [-0.1, -0.05) is 12.1 Å². The number of aromatic nitrogens is 2. The first-order valence-corrected chi connectivity index (χ1v) is 6.83. The number of sulfonamides is 1. The second-order valence-corrected chi connectivity index (χ2v) is 5.52. The first kappa shape index (κ1) is 12.6. The average Bonchev–Trinajstić information content (AvgIpc) is 2.77. The minimum absolute atomic E-state index is 0.144. The molecule has 0 aliphatic carbocycles. The Kier molecular flexibility index (Phi) is 3.35. The summed E-state index contributed by atoms with van der Waals surface area (Å²) in [6, 6.07) is 6.91. The van der Waals surface area contributed by atoms with Crippen molar-refractivity contribution in [2.75, 3.05) is 4.72 Å². The molecule has 0 spiro atoms. The van der Waals surface area contributed by atoms with Crippen LogP contribution in [0.4, 0.5) is 5.69 Å². The Bertz CT molecular complexity index is 631.